The first kappa shape index (κ1) is 17.9. The van der Waals surface area contributed by atoms with Crippen molar-refractivity contribution in [2.24, 2.45) is 5.92 Å². The van der Waals surface area contributed by atoms with Gasteiger partial charge in [0.15, 0.2) is 0 Å². The number of hydrogen-bond donors (Lipinski definition) is 2. The number of likely N-dealkylation sites (tertiary alicyclic amines) is 1. The lowest BCUT2D eigenvalue weighted by Crippen LogP contribution is -2.47. The third-order valence-corrected chi connectivity index (χ3v) is 5.83. The number of rotatable bonds is 6. The zero-order valence-electron chi connectivity index (χ0n) is 15.0. The third kappa shape index (κ3) is 5.03. The molecule has 0 radical (unpaired) electrons. The maximum atomic E-state index is 10.5. The van der Waals surface area contributed by atoms with E-state index in [9.17, 15) is 5.11 Å². The SMILES string of the molecule is CN(Cc1ccccc1)C1CCN(CC(O)C2CCNCC2)CC1. The number of aliphatic hydroxyl groups excluding tert-OH is 1. The van der Waals surface area contributed by atoms with Gasteiger partial charge in [0, 0.05) is 19.1 Å². The molecule has 2 fully saturated rings. The molecule has 2 heterocycles. The van der Waals surface area contributed by atoms with E-state index < -0.39 is 0 Å². The van der Waals surface area contributed by atoms with Crippen molar-refractivity contribution >= 4 is 0 Å². The summed E-state index contributed by atoms with van der Waals surface area (Å²) in [7, 11) is 2.25. The lowest BCUT2D eigenvalue weighted by molar-refractivity contribution is 0.0327. The van der Waals surface area contributed by atoms with E-state index in [4.69, 9.17) is 0 Å². The van der Waals surface area contributed by atoms with Crippen LogP contribution in [0.3, 0.4) is 0 Å². The predicted molar refractivity (Wildman–Crippen MR) is 99.0 cm³/mol. The van der Waals surface area contributed by atoms with Gasteiger partial charge < -0.3 is 15.3 Å². The van der Waals surface area contributed by atoms with Gasteiger partial charge in [0.25, 0.3) is 0 Å². The van der Waals surface area contributed by atoms with Gasteiger partial charge in [-0.25, -0.2) is 0 Å². The zero-order valence-corrected chi connectivity index (χ0v) is 15.0. The van der Waals surface area contributed by atoms with Crippen LogP contribution < -0.4 is 5.32 Å². The summed E-state index contributed by atoms with van der Waals surface area (Å²) in [5.74, 6) is 0.490. The number of aliphatic hydroxyl groups is 1. The largest absolute Gasteiger partial charge is 0.392 e. The van der Waals surface area contributed by atoms with Crippen LogP contribution in [0.1, 0.15) is 31.2 Å². The Morgan fingerprint density at radius 2 is 1.79 bits per heavy atom. The van der Waals surface area contributed by atoms with Crippen molar-refractivity contribution < 1.29 is 5.11 Å². The molecule has 2 aliphatic rings. The Morgan fingerprint density at radius 3 is 2.46 bits per heavy atom. The van der Waals surface area contributed by atoms with Crippen LogP contribution in [0.4, 0.5) is 0 Å². The minimum atomic E-state index is -0.148. The number of piperidine rings is 2. The number of β-amino-alcohol motifs (C(OH)–C–C–N with tert-alkyl or cyclic N) is 1. The van der Waals surface area contributed by atoms with Crippen LogP contribution in [0.2, 0.25) is 0 Å². The first-order valence-electron chi connectivity index (χ1n) is 9.57. The second-order valence-corrected chi connectivity index (χ2v) is 7.59. The summed E-state index contributed by atoms with van der Waals surface area (Å²) < 4.78 is 0. The van der Waals surface area contributed by atoms with Crippen molar-refractivity contribution in [1.82, 2.24) is 15.1 Å². The average molecular weight is 332 g/mol. The van der Waals surface area contributed by atoms with Gasteiger partial charge in [0.05, 0.1) is 6.10 Å². The highest BCUT2D eigenvalue weighted by molar-refractivity contribution is 5.14. The molecule has 2 aliphatic heterocycles. The van der Waals surface area contributed by atoms with Crippen LogP contribution in [0.15, 0.2) is 30.3 Å². The second kappa shape index (κ2) is 8.95. The van der Waals surface area contributed by atoms with Gasteiger partial charge >= 0.3 is 0 Å². The summed E-state index contributed by atoms with van der Waals surface area (Å²) >= 11 is 0. The van der Waals surface area contributed by atoms with Crippen LogP contribution in [-0.2, 0) is 6.54 Å². The lowest BCUT2D eigenvalue weighted by atomic mass is 9.91. The Labute approximate surface area is 146 Å². The minimum absolute atomic E-state index is 0.148. The summed E-state index contributed by atoms with van der Waals surface area (Å²) in [5.41, 5.74) is 1.39. The number of hydrogen-bond acceptors (Lipinski definition) is 4. The molecule has 0 spiro atoms. The normalized spacial score (nSPS) is 22.8. The second-order valence-electron chi connectivity index (χ2n) is 7.59. The molecule has 24 heavy (non-hydrogen) atoms. The zero-order chi connectivity index (χ0) is 16.8. The van der Waals surface area contributed by atoms with Crippen molar-refractivity contribution in [1.29, 1.82) is 0 Å². The lowest BCUT2D eigenvalue weighted by Gasteiger charge is -2.38. The molecular formula is C20H33N3O. The Hall–Kier alpha value is -0.940. The highest BCUT2D eigenvalue weighted by atomic mass is 16.3. The van der Waals surface area contributed by atoms with Crippen molar-refractivity contribution in [2.45, 2.75) is 44.4 Å². The van der Waals surface area contributed by atoms with Gasteiger partial charge in [-0.1, -0.05) is 30.3 Å². The molecule has 0 bridgehead atoms. The molecule has 0 aromatic heterocycles. The molecule has 2 N–H and O–H groups in total. The summed E-state index contributed by atoms with van der Waals surface area (Å²) in [5, 5.41) is 13.9. The number of benzene rings is 1. The molecule has 4 heteroatoms. The molecule has 1 atom stereocenters. The highest BCUT2D eigenvalue weighted by Crippen LogP contribution is 2.21. The fourth-order valence-electron chi connectivity index (χ4n) is 4.19. The topological polar surface area (TPSA) is 38.7 Å². The number of nitrogens with one attached hydrogen (secondary N) is 1. The van der Waals surface area contributed by atoms with Gasteiger partial charge in [-0.15, -0.1) is 0 Å². The standard InChI is InChI=1S/C20H33N3O/c1-22(15-17-5-3-2-4-6-17)19-9-13-23(14-10-19)16-20(24)18-7-11-21-12-8-18/h2-6,18-21,24H,7-16H2,1H3. The smallest absolute Gasteiger partial charge is 0.0696 e. The van der Waals surface area contributed by atoms with Crippen molar-refractivity contribution in [3.8, 4) is 0 Å². The predicted octanol–water partition coefficient (Wildman–Crippen LogP) is 1.94. The molecule has 1 aromatic carbocycles. The molecule has 0 saturated carbocycles. The maximum absolute atomic E-state index is 10.5. The average Bonchev–Trinajstić information content (AvgIpc) is 2.64. The maximum Gasteiger partial charge on any atom is 0.0696 e. The van der Waals surface area contributed by atoms with E-state index in [1.807, 2.05) is 0 Å². The van der Waals surface area contributed by atoms with Gasteiger partial charge in [0.2, 0.25) is 0 Å². The van der Waals surface area contributed by atoms with E-state index in [0.29, 0.717) is 12.0 Å². The van der Waals surface area contributed by atoms with Crippen molar-refractivity contribution in [3.63, 3.8) is 0 Å². The quantitative estimate of drug-likeness (QED) is 0.836. The fraction of sp³-hybridized carbons (Fsp3) is 0.700. The van der Waals surface area contributed by atoms with Crippen LogP contribution in [0.5, 0.6) is 0 Å². The molecular weight excluding hydrogens is 298 g/mol. The van der Waals surface area contributed by atoms with Gasteiger partial charge in [0.1, 0.15) is 0 Å². The van der Waals surface area contributed by atoms with Crippen LogP contribution in [0.25, 0.3) is 0 Å². The molecule has 1 aromatic rings. The highest BCUT2D eigenvalue weighted by Gasteiger charge is 2.27. The molecule has 2 saturated heterocycles. The van der Waals surface area contributed by atoms with Gasteiger partial charge in [-0.05, 0) is 70.4 Å². The molecule has 0 aliphatic carbocycles. The van der Waals surface area contributed by atoms with Crippen LogP contribution in [-0.4, -0.2) is 66.8 Å². The van der Waals surface area contributed by atoms with E-state index in [1.54, 1.807) is 0 Å². The Kier molecular flexibility index (Phi) is 6.67. The van der Waals surface area contributed by atoms with Crippen molar-refractivity contribution in [2.75, 3.05) is 39.8 Å². The molecule has 1 unspecified atom stereocenters. The van der Waals surface area contributed by atoms with E-state index in [1.165, 1.54) is 18.4 Å². The van der Waals surface area contributed by atoms with E-state index in [-0.39, 0.29) is 6.10 Å². The molecule has 0 amide bonds. The summed E-state index contributed by atoms with van der Waals surface area (Å²) in [6.07, 6.45) is 4.52. The number of nitrogens with zero attached hydrogens (tertiary/aromatic N) is 2. The van der Waals surface area contributed by atoms with Gasteiger partial charge in [-0.3, -0.25) is 4.90 Å². The Morgan fingerprint density at radius 1 is 1.12 bits per heavy atom. The van der Waals surface area contributed by atoms with Crippen molar-refractivity contribution in [3.05, 3.63) is 35.9 Å². The fourth-order valence-corrected chi connectivity index (χ4v) is 4.19. The summed E-state index contributed by atoms with van der Waals surface area (Å²) in [4.78, 5) is 4.97. The summed E-state index contributed by atoms with van der Waals surface area (Å²) in [6.45, 7) is 6.25. The van der Waals surface area contributed by atoms with E-state index >= 15 is 0 Å². The first-order chi connectivity index (χ1) is 11.7. The van der Waals surface area contributed by atoms with Crippen LogP contribution in [0, 0.1) is 5.92 Å². The Bertz CT molecular complexity index is 467. The van der Waals surface area contributed by atoms with E-state index in [2.05, 4.69) is 52.5 Å². The minimum Gasteiger partial charge on any atom is -0.392 e. The molecule has 3 rings (SSSR count). The first-order valence-corrected chi connectivity index (χ1v) is 9.57. The molecule has 134 valence electrons. The third-order valence-electron chi connectivity index (χ3n) is 5.83. The van der Waals surface area contributed by atoms with Crippen LogP contribution >= 0.6 is 0 Å². The molecule has 4 nitrogen and oxygen atoms in total. The van der Waals surface area contributed by atoms with E-state index in [0.717, 1.165) is 52.1 Å². The summed E-state index contributed by atoms with van der Waals surface area (Å²) in [6, 6.07) is 11.4. The van der Waals surface area contributed by atoms with Gasteiger partial charge in [-0.2, -0.15) is 0 Å². The monoisotopic (exact) mass is 331 g/mol. The Balaban J connectivity index is 1.40.